The van der Waals surface area contributed by atoms with Gasteiger partial charge in [0.05, 0.1) is 13.7 Å². The Morgan fingerprint density at radius 2 is 1.95 bits per heavy atom. The molecule has 0 unspecified atom stereocenters. The van der Waals surface area contributed by atoms with E-state index in [0.717, 1.165) is 11.1 Å². The SMILES string of the molecule is COc1cc(CN(CC(F)(F)F)C(C)C)ccc1CN. The van der Waals surface area contributed by atoms with Crippen molar-refractivity contribution in [2.75, 3.05) is 13.7 Å². The van der Waals surface area contributed by atoms with Gasteiger partial charge in [-0.1, -0.05) is 12.1 Å². The van der Waals surface area contributed by atoms with Crippen LogP contribution in [0.4, 0.5) is 13.2 Å². The molecule has 0 aliphatic carbocycles. The van der Waals surface area contributed by atoms with Crippen LogP contribution >= 0.6 is 0 Å². The first kappa shape index (κ1) is 16.8. The van der Waals surface area contributed by atoms with Crippen molar-refractivity contribution < 1.29 is 17.9 Å². The van der Waals surface area contributed by atoms with E-state index in [0.29, 0.717) is 12.3 Å². The molecule has 0 spiro atoms. The van der Waals surface area contributed by atoms with Crippen molar-refractivity contribution in [3.8, 4) is 5.75 Å². The maximum absolute atomic E-state index is 12.6. The third-order valence-electron chi connectivity index (χ3n) is 3.07. The minimum Gasteiger partial charge on any atom is -0.496 e. The second kappa shape index (κ2) is 6.95. The van der Waals surface area contributed by atoms with E-state index in [1.165, 1.54) is 12.0 Å². The molecule has 0 heterocycles. The molecule has 0 atom stereocenters. The number of methoxy groups -OCH3 is 1. The predicted octanol–water partition coefficient (Wildman–Crippen LogP) is 2.93. The highest BCUT2D eigenvalue weighted by Crippen LogP contribution is 2.23. The Morgan fingerprint density at radius 1 is 1.30 bits per heavy atom. The molecule has 0 aliphatic rings. The van der Waals surface area contributed by atoms with Crippen LogP contribution in [-0.2, 0) is 13.1 Å². The van der Waals surface area contributed by atoms with Gasteiger partial charge in [-0.05, 0) is 25.5 Å². The van der Waals surface area contributed by atoms with Crippen molar-refractivity contribution in [1.82, 2.24) is 4.90 Å². The zero-order valence-corrected chi connectivity index (χ0v) is 12.0. The number of benzene rings is 1. The van der Waals surface area contributed by atoms with Crippen molar-refractivity contribution >= 4 is 0 Å². The van der Waals surface area contributed by atoms with E-state index >= 15 is 0 Å². The minimum absolute atomic E-state index is 0.197. The van der Waals surface area contributed by atoms with Crippen molar-refractivity contribution in [1.29, 1.82) is 0 Å². The topological polar surface area (TPSA) is 38.5 Å². The van der Waals surface area contributed by atoms with E-state index in [9.17, 15) is 13.2 Å². The summed E-state index contributed by atoms with van der Waals surface area (Å²) >= 11 is 0. The molecule has 114 valence electrons. The highest BCUT2D eigenvalue weighted by molar-refractivity contribution is 5.37. The summed E-state index contributed by atoms with van der Waals surface area (Å²) in [6.07, 6.45) is -4.20. The van der Waals surface area contributed by atoms with Crippen LogP contribution in [0, 0.1) is 0 Å². The zero-order chi connectivity index (χ0) is 15.3. The molecule has 1 aromatic carbocycles. The first-order valence-electron chi connectivity index (χ1n) is 6.43. The molecule has 0 amide bonds. The quantitative estimate of drug-likeness (QED) is 0.875. The number of nitrogens with two attached hydrogens (primary N) is 1. The van der Waals surface area contributed by atoms with Crippen molar-refractivity contribution in [3.05, 3.63) is 29.3 Å². The fourth-order valence-corrected chi connectivity index (χ4v) is 1.94. The van der Waals surface area contributed by atoms with Crippen LogP contribution in [0.25, 0.3) is 0 Å². The van der Waals surface area contributed by atoms with Crippen molar-refractivity contribution in [3.63, 3.8) is 0 Å². The van der Waals surface area contributed by atoms with Crippen LogP contribution in [-0.4, -0.2) is 30.8 Å². The summed E-state index contributed by atoms with van der Waals surface area (Å²) in [6, 6.07) is 5.13. The highest BCUT2D eigenvalue weighted by atomic mass is 19.4. The lowest BCUT2D eigenvalue weighted by atomic mass is 10.1. The molecule has 0 aliphatic heterocycles. The Hall–Kier alpha value is -1.27. The lowest BCUT2D eigenvalue weighted by molar-refractivity contribution is -0.150. The van der Waals surface area contributed by atoms with E-state index in [2.05, 4.69) is 0 Å². The molecule has 0 fully saturated rings. The van der Waals surface area contributed by atoms with Gasteiger partial charge in [0.1, 0.15) is 5.75 Å². The van der Waals surface area contributed by atoms with Gasteiger partial charge in [0.15, 0.2) is 0 Å². The first-order valence-corrected chi connectivity index (χ1v) is 6.43. The van der Waals surface area contributed by atoms with Crippen LogP contribution in [0.1, 0.15) is 25.0 Å². The van der Waals surface area contributed by atoms with Gasteiger partial charge in [0.2, 0.25) is 0 Å². The maximum atomic E-state index is 12.6. The smallest absolute Gasteiger partial charge is 0.401 e. The lowest BCUT2D eigenvalue weighted by Gasteiger charge is -2.27. The number of alkyl halides is 3. The standard InChI is InChI=1S/C14H21F3N2O/c1-10(2)19(9-14(15,16)17)8-11-4-5-12(7-18)13(6-11)20-3/h4-6,10H,7-9,18H2,1-3H3. The third-order valence-corrected chi connectivity index (χ3v) is 3.07. The fourth-order valence-electron chi connectivity index (χ4n) is 1.94. The number of rotatable bonds is 6. The van der Waals surface area contributed by atoms with E-state index < -0.39 is 12.7 Å². The van der Waals surface area contributed by atoms with E-state index in [1.54, 1.807) is 32.0 Å². The summed E-state index contributed by atoms with van der Waals surface area (Å²) in [5.74, 6) is 0.612. The molecule has 6 heteroatoms. The Morgan fingerprint density at radius 3 is 2.40 bits per heavy atom. The Labute approximate surface area is 117 Å². The Kier molecular flexibility index (Phi) is 5.83. The molecule has 0 bridgehead atoms. The number of hydrogen-bond acceptors (Lipinski definition) is 3. The first-order chi connectivity index (χ1) is 9.26. The molecule has 0 aromatic heterocycles. The normalized spacial score (nSPS) is 12.2. The van der Waals surface area contributed by atoms with Crippen LogP contribution in [0.2, 0.25) is 0 Å². The number of hydrogen-bond donors (Lipinski definition) is 1. The molecule has 3 nitrogen and oxygen atoms in total. The van der Waals surface area contributed by atoms with Crippen LogP contribution < -0.4 is 10.5 Å². The molecule has 1 rings (SSSR count). The minimum atomic E-state index is -4.20. The average Bonchev–Trinajstić information content (AvgIpc) is 2.36. The van der Waals surface area contributed by atoms with Gasteiger partial charge in [0.25, 0.3) is 0 Å². The van der Waals surface area contributed by atoms with Gasteiger partial charge >= 0.3 is 6.18 Å². The van der Waals surface area contributed by atoms with Gasteiger partial charge < -0.3 is 10.5 Å². The zero-order valence-electron chi connectivity index (χ0n) is 12.0. The number of halogens is 3. The number of ether oxygens (including phenoxy) is 1. The van der Waals surface area contributed by atoms with Crippen LogP contribution in [0.5, 0.6) is 5.75 Å². The highest BCUT2D eigenvalue weighted by Gasteiger charge is 2.31. The molecule has 0 radical (unpaired) electrons. The average molecular weight is 290 g/mol. The van der Waals surface area contributed by atoms with Gasteiger partial charge in [-0.15, -0.1) is 0 Å². The molecule has 2 N–H and O–H groups in total. The van der Waals surface area contributed by atoms with Crippen molar-refractivity contribution in [2.24, 2.45) is 5.73 Å². The molecule has 0 saturated heterocycles. The Bertz CT molecular complexity index is 433. The van der Waals surface area contributed by atoms with Crippen LogP contribution in [0.3, 0.4) is 0 Å². The van der Waals surface area contributed by atoms with Gasteiger partial charge in [-0.2, -0.15) is 13.2 Å². The molecular weight excluding hydrogens is 269 g/mol. The molecule has 1 aromatic rings. The van der Waals surface area contributed by atoms with E-state index in [1.807, 2.05) is 0 Å². The monoisotopic (exact) mass is 290 g/mol. The van der Waals surface area contributed by atoms with Crippen LogP contribution in [0.15, 0.2) is 18.2 Å². The van der Waals surface area contributed by atoms with Crippen molar-refractivity contribution in [2.45, 2.75) is 39.2 Å². The summed E-state index contributed by atoms with van der Waals surface area (Å²) in [7, 11) is 1.52. The largest absolute Gasteiger partial charge is 0.496 e. The lowest BCUT2D eigenvalue weighted by Crippen LogP contribution is -2.38. The summed E-state index contributed by atoms with van der Waals surface area (Å²) in [5, 5.41) is 0. The molecule has 0 saturated carbocycles. The van der Waals surface area contributed by atoms with Gasteiger partial charge in [-0.3, -0.25) is 4.90 Å². The maximum Gasteiger partial charge on any atom is 0.401 e. The Balaban J connectivity index is 2.88. The summed E-state index contributed by atoms with van der Waals surface area (Å²) < 4.78 is 42.8. The van der Waals surface area contributed by atoms with E-state index in [-0.39, 0.29) is 12.6 Å². The fraction of sp³-hybridized carbons (Fsp3) is 0.571. The third kappa shape index (κ3) is 5.02. The van der Waals surface area contributed by atoms with Gasteiger partial charge in [-0.25, -0.2) is 0 Å². The summed E-state index contributed by atoms with van der Waals surface area (Å²) in [4.78, 5) is 1.37. The van der Waals surface area contributed by atoms with Gasteiger partial charge in [0, 0.05) is 24.7 Å². The predicted molar refractivity (Wildman–Crippen MR) is 72.5 cm³/mol. The second-order valence-electron chi connectivity index (χ2n) is 4.96. The second-order valence-corrected chi connectivity index (χ2v) is 4.96. The summed E-state index contributed by atoms with van der Waals surface area (Å²) in [5.41, 5.74) is 7.18. The summed E-state index contributed by atoms with van der Waals surface area (Å²) in [6.45, 7) is 3.12. The number of nitrogens with zero attached hydrogens (tertiary/aromatic N) is 1. The molecular formula is C14H21F3N2O. The molecule has 20 heavy (non-hydrogen) atoms. The van der Waals surface area contributed by atoms with E-state index in [4.69, 9.17) is 10.5 Å².